The summed E-state index contributed by atoms with van der Waals surface area (Å²) < 4.78 is 5.77. The molecule has 1 heterocycles. The van der Waals surface area contributed by atoms with E-state index in [1.54, 1.807) is 0 Å². The van der Waals surface area contributed by atoms with Gasteiger partial charge in [-0.1, -0.05) is 18.2 Å². The molecule has 88 valence electrons. The molecule has 1 aromatic carbocycles. The van der Waals surface area contributed by atoms with E-state index in [0.29, 0.717) is 12.4 Å². The van der Waals surface area contributed by atoms with E-state index >= 15 is 0 Å². The number of pyridine rings is 1. The average Bonchev–Trinajstić information content (AvgIpc) is 2.34. The van der Waals surface area contributed by atoms with Crippen LogP contribution in [0.1, 0.15) is 16.8 Å². The third kappa shape index (κ3) is 2.82. The Morgan fingerprint density at radius 3 is 2.76 bits per heavy atom. The van der Waals surface area contributed by atoms with Gasteiger partial charge in [0.25, 0.3) is 0 Å². The van der Waals surface area contributed by atoms with Crippen molar-refractivity contribution in [2.45, 2.75) is 20.4 Å². The molecule has 0 saturated heterocycles. The van der Waals surface area contributed by atoms with Crippen LogP contribution in [-0.2, 0) is 6.54 Å². The largest absolute Gasteiger partial charge is 0.439 e. The number of hydrogen-bond donors (Lipinski definition) is 1. The first-order chi connectivity index (χ1) is 8.19. The van der Waals surface area contributed by atoms with Crippen molar-refractivity contribution >= 4 is 0 Å². The summed E-state index contributed by atoms with van der Waals surface area (Å²) >= 11 is 0. The predicted octanol–water partition coefficient (Wildman–Crippen LogP) is 2.95. The molecule has 0 bridgehead atoms. The minimum absolute atomic E-state index is 0.421. The summed E-state index contributed by atoms with van der Waals surface area (Å²) in [6.45, 7) is 4.47. The van der Waals surface area contributed by atoms with Gasteiger partial charge >= 0.3 is 0 Å². The molecule has 1 aromatic heterocycles. The van der Waals surface area contributed by atoms with Gasteiger partial charge in [-0.05, 0) is 37.1 Å². The molecule has 0 aliphatic carbocycles. The molecule has 0 atom stereocenters. The summed E-state index contributed by atoms with van der Waals surface area (Å²) in [5.41, 5.74) is 8.64. The van der Waals surface area contributed by atoms with Gasteiger partial charge in [-0.15, -0.1) is 0 Å². The summed E-state index contributed by atoms with van der Waals surface area (Å²) in [4.78, 5) is 4.31. The van der Waals surface area contributed by atoms with Crippen LogP contribution in [0.25, 0.3) is 0 Å². The second kappa shape index (κ2) is 4.97. The Bertz CT molecular complexity index is 523. The Labute approximate surface area is 101 Å². The minimum atomic E-state index is 0.421. The van der Waals surface area contributed by atoms with Gasteiger partial charge in [0.2, 0.25) is 5.88 Å². The number of ether oxygens (including phenoxy) is 1. The van der Waals surface area contributed by atoms with E-state index in [4.69, 9.17) is 10.5 Å². The second-order valence-corrected chi connectivity index (χ2v) is 4.04. The van der Waals surface area contributed by atoms with Gasteiger partial charge in [0.15, 0.2) is 0 Å². The smallest absolute Gasteiger partial charge is 0.219 e. The quantitative estimate of drug-likeness (QED) is 0.878. The van der Waals surface area contributed by atoms with Crippen molar-refractivity contribution in [1.29, 1.82) is 0 Å². The number of hydrogen-bond acceptors (Lipinski definition) is 3. The van der Waals surface area contributed by atoms with Crippen molar-refractivity contribution in [1.82, 2.24) is 4.98 Å². The summed E-state index contributed by atoms with van der Waals surface area (Å²) in [5, 5.41) is 0. The maximum Gasteiger partial charge on any atom is 0.219 e. The molecule has 0 amide bonds. The number of benzene rings is 1. The van der Waals surface area contributed by atoms with Crippen LogP contribution < -0.4 is 10.5 Å². The first-order valence-electron chi connectivity index (χ1n) is 5.60. The van der Waals surface area contributed by atoms with E-state index in [1.807, 2.05) is 44.2 Å². The van der Waals surface area contributed by atoms with Gasteiger partial charge in [0.05, 0.1) is 5.69 Å². The number of rotatable bonds is 3. The normalized spacial score (nSPS) is 10.3. The molecule has 17 heavy (non-hydrogen) atoms. The highest BCUT2D eigenvalue weighted by Crippen LogP contribution is 2.24. The van der Waals surface area contributed by atoms with E-state index < -0.39 is 0 Å². The highest BCUT2D eigenvalue weighted by atomic mass is 16.5. The highest BCUT2D eigenvalue weighted by Gasteiger charge is 2.03. The average molecular weight is 228 g/mol. The standard InChI is InChI=1S/C14H16N2O/c1-10-6-7-11(2)13(8-10)17-14-5-3-4-12(9-15)16-14/h3-8H,9,15H2,1-2H3. The Hall–Kier alpha value is -1.87. The van der Waals surface area contributed by atoms with E-state index in [2.05, 4.69) is 11.1 Å². The Balaban J connectivity index is 2.27. The molecule has 3 heteroatoms. The lowest BCUT2D eigenvalue weighted by molar-refractivity contribution is 0.457. The van der Waals surface area contributed by atoms with Gasteiger partial charge in [0.1, 0.15) is 5.75 Å². The maximum atomic E-state index is 5.77. The molecule has 0 aliphatic heterocycles. The number of aryl methyl sites for hydroxylation is 2. The summed E-state index contributed by atoms with van der Waals surface area (Å²) in [6, 6.07) is 11.7. The fraction of sp³-hybridized carbons (Fsp3) is 0.214. The minimum Gasteiger partial charge on any atom is -0.439 e. The van der Waals surface area contributed by atoms with Crippen molar-refractivity contribution in [3.05, 3.63) is 53.2 Å². The first-order valence-corrected chi connectivity index (χ1v) is 5.60. The van der Waals surface area contributed by atoms with Crippen LogP contribution in [0, 0.1) is 13.8 Å². The lowest BCUT2D eigenvalue weighted by atomic mass is 10.1. The lowest BCUT2D eigenvalue weighted by Crippen LogP contribution is -2.00. The van der Waals surface area contributed by atoms with Crippen molar-refractivity contribution in [3.8, 4) is 11.6 Å². The van der Waals surface area contributed by atoms with Gasteiger partial charge < -0.3 is 10.5 Å². The predicted molar refractivity (Wildman–Crippen MR) is 68.1 cm³/mol. The Morgan fingerprint density at radius 2 is 2.00 bits per heavy atom. The second-order valence-electron chi connectivity index (χ2n) is 4.04. The van der Waals surface area contributed by atoms with Crippen LogP contribution in [0.4, 0.5) is 0 Å². The number of aromatic nitrogens is 1. The maximum absolute atomic E-state index is 5.77. The van der Waals surface area contributed by atoms with Crippen molar-refractivity contribution in [2.75, 3.05) is 0 Å². The van der Waals surface area contributed by atoms with Crippen LogP contribution in [0.15, 0.2) is 36.4 Å². The zero-order chi connectivity index (χ0) is 12.3. The van der Waals surface area contributed by atoms with Crippen LogP contribution in [0.2, 0.25) is 0 Å². The molecule has 2 N–H and O–H groups in total. The molecule has 0 radical (unpaired) electrons. The highest BCUT2D eigenvalue weighted by molar-refractivity contribution is 5.38. The summed E-state index contributed by atoms with van der Waals surface area (Å²) in [7, 11) is 0. The van der Waals surface area contributed by atoms with Gasteiger partial charge in [-0.2, -0.15) is 0 Å². The molecule has 0 spiro atoms. The lowest BCUT2D eigenvalue weighted by Gasteiger charge is -2.09. The molecule has 0 unspecified atom stereocenters. The molecule has 0 fully saturated rings. The summed E-state index contributed by atoms with van der Waals surface area (Å²) in [5.74, 6) is 1.42. The van der Waals surface area contributed by atoms with Crippen LogP contribution in [0.5, 0.6) is 11.6 Å². The fourth-order valence-corrected chi connectivity index (χ4v) is 1.56. The third-order valence-corrected chi connectivity index (χ3v) is 2.55. The Kier molecular flexibility index (Phi) is 3.40. The van der Waals surface area contributed by atoms with E-state index in [-0.39, 0.29) is 0 Å². The van der Waals surface area contributed by atoms with Gasteiger partial charge in [0, 0.05) is 12.6 Å². The molecular formula is C14H16N2O. The SMILES string of the molecule is Cc1ccc(C)c(Oc2cccc(CN)n2)c1. The van der Waals surface area contributed by atoms with Crippen molar-refractivity contribution in [2.24, 2.45) is 5.73 Å². The van der Waals surface area contributed by atoms with E-state index in [0.717, 1.165) is 17.0 Å². The fourth-order valence-electron chi connectivity index (χ4n) is 1.56. The monoisotopic (exact) mass is 228 g/mol. The molecule has 3 nitrogen and oxygen atoms in total. The van der Waals surface area contributed by atoms with Crippen molar-refractivity contribution in [3.63, 3.8) is 0 Å². The third-order valence-electron chi connectivity index (χ3n) is 2.55. The first kappa shape index (κ1) is 11.6. The van der Waals surface area contributed by atoms with Crippen LogP contribution in [-0.4, -0.2) is 4.98 Å². The number of nitrogens with two attached hydrogens (primary N) is 1. The molecule has 2 aromatic rings. The zero-order valence-corrected chi connectivity index (χ0v) is 10.1. The van der Waals surface area contributed by atoms with E-state index in [1.165, 1.54) is 5.56 Å². The molecule has 2 rings (SSSR count). The summed E-state index contributed by atoms with van der Waals surface area (Å²) in [6.07, 6.45) is 0. The van der Waals surface area contributed by atoms with Gasteiger partial charge in [-0.3, -0.25) is 0 Å². The molecule has 0 aliphatic rings. The molecular weight excluding hydrogens is 212 g/mol. The number of nitrogens with zero attached hydrogens (tertiary/aromatic N) is 1. The topological polar surface area (TPSA) is 48.1 Å². The Morgan fingerprint density at radius 1 is 1.18 bits per heavy atom. The zero-order valence-electron chi connectivity index (χ0n) is 10.1. The molecule has 0 saturated carbocycles. The van der Waals surface area contributed by atoms with Crippen LogP contribution in [0.3, 0.4) is 0 Å². The van der Waals surface area contributed by atoms with Crippen LogP contribution >= 0.6 is 0 Å². The van der Waals surface area contributed by atoms with Crippen molar-refractivity contribution < 1.29 is 4.74 Å². The van der Waals surface area contributed by atoms with Gasteiger partial charge in [-0.25, -0.2) is 4.98 Å². The van der Waals surface area contributed by atoms with E-state index in [9.17, 15) is 0 Å².